The number of rotatable bonds is 8. The highest BCUT2D eigenvalue weighted by Gasteiger charge is 2.43. The maximum absolute atomic E-state index is 14.9. The summed E-state index contributed by atoms with van der Waals surface area (Å²) in [5.74, 6) is -1.37. The lowest BCUT2D eigenvalue weighted by Gasteiger charge is -2.40. The van der Waals surface area contributed by atoms with Crippen LogP contribution in [-0.2, 0) is 4.74 Å². The van der Waals surface area contributed by atoms with Gasteiger partial charge in [-0.1, -0.05) is 54.8 Å². The van der Waals surface area contributed by atoms with Gasteiger partial charge in [-0.3, -0.25) is 9.79 Å². The Morgan fingerprint density at radius 1 is 1.23 bits per heavy atom. The Morgan fingerprint density at radius 2 is 2.03 bits per heavy atom. The van der Waals surface area contributed by atoms with Gasteiger partial charge in [-0.2, -0.15) is 5.10 Å². The van der Waals surface area contributed by atoms with Crippen LogP contribution in [-0.4, -0.2) is 40.9 Å². The van der Waals surface area contributed by atoms with E-state index >= 15 is 0 Å². The van der Waals surface area contributed by atoms with Gasteiger partial charge in [0.1, 0.15) is 18.2 Å². The van der Waals surface area contributed by atoms with Crippen LogP contribution < -0.4 is 10.9 Å². The van der Waals surface area contributed by atoms with Gasteiger partial charge in [0.05, 0.1) is 11.1 Å². The Hall–Kier alpha value is -2.75. The van der Waals surface area contributed by atoms with Gasteiger partial charge in [0.25, 0.3) is 5.56 Å². The third-order valence-corrected chi connectivity index (χ3v) is 9.74. The molecule has 12 heteroatoms. The molecular formula is C27H27F2N4O3PS2. The van der Waals surface area contributed by atoms with Crippen molar-refractivity contribution >= 4 is 52.2 Å². The Bertz CT molecular complexity index is 1500. The summed E-state index contributed by atoms with van der Waals surface area (Å²) < 4.78 is 34.2. The van der Waals surface area contributed by atoms with E-state index in [1.807, 2.05) is 6.08 Å². The topological polar surface area (TPSA) is 96.4 Å². The molecule has 3 unspecified atom stereocenters. The van der Waals surface area contributed by atoms with Gasteiger partial charge >= 0.3 is 6.09 Å². The molecule has 2 heterocycles. The molecular weight excluding hydrogens is 561 g/mol. The van der Waals surface area contributed by atoms with Crippen molar-refractivity contribution in [2.75, 3.05) is 18.9 Å². The minimum absolute atomic E-state index is 0.104. The van der Waals surface area contributed by atoms with E-state index in [4.69, 9.17) is 9.73 Å². The first-order valence-corrected chi connectivity index (χ1v) is 16.3. The zero-order chi connectivity index (χ0) is 27.5. The van der Waals surface area contributed by atoms with Crippen LogP contribution in [0.4, 0.5) is 13.6 Å². The van der Waals surface area contributed by atoms with Crippen molar-refractivity contribution < 1.29 is 18.3 Å². The molecule has 2 aliphatic rings. The van der Waals surface area contributed by atoms with Gasteiger partial charge in [0, 0.05) is 47.3 Å². The number of benzene rings is 2. The summed E-state index contributed by atoms with van der Waals surface area (Å²) in [6.45, 7) is 2.43. The highest BCUT2D eigenvalue weighted by atomic mass is 33.3. The second-order valence-corrected chi connectivity index (χ2v) is 13.4. The van der Waals surface area contributed by atoms with Crippen LogP contribution in [0.1, 0.15) is 47.9 Å². The van der Waals surface area contributed by atoms with Crippen molar-refractivity contribution in [3.05, 3.63) is 87.5 Å². The molecule has 0 fully saturated rings. The fraction of sp³-hybridized carbons (Fsp3) is 0.333. The number of aliphatic imine (C=N–C) groups is 1. The molecule has 39 heavy (non-hydrogen) atoms. The molecule has 1 aliphatic carbocycles. The number of aromatic amines is 1. The average molecular weight is 589 g/mol. The van der Waals surface area contributed by atoms with E-state index in [1.54, 1.807) is 29.1 Å². The number of carbonyl (C=O) groups is 1. The van der Waals surface area contributed by atoms with Gasteiger partial charge in [-0.25, -0.2) is 18.7 Å². The normalized spacial score (nSPS) is 22.0. The Labute approximate surface area is 234 Å². The summed E-state index contributed by atoms with van der Waals surface area (Å²) in [5.41, 5.74) is 2.29. The van der Waals surface area contributed by atoms with Crippen LogP contribution in [0, 0.1) is 17.6 Å². The first kappa shape index (κ1) is 27.8. The summed E-state index contributed by atoms with van der Waals surface area (Å²) in [4.78, 5) is 30.1. The smallest absolute Gasteiger partial charge is 0.407 e. The van der Waals surface area contributed by atoms with Gasteiger partial charge in [-0.05, 0) is 47.7 Å². The van der Waals surface area contributed by atoms with Crippen molar-refractivity contribution in [3.63, 3.8) is 0 Å². The van der Waals surface area contributed by atoms with E-state index in [0.717, 1.165) is 11.3 Å². The molecule has 7 nitrogen and oxygen atoms in total. The molecule has 5 atom stereocenters. The third kappa shape index (κ3) is 5.90. The summed E-state index contributed by atoms with van der Waals surface area (Å²) in [7, 11) is 5.57. The predicted molar refractivity (Wildman–Crippen MR) is 156 cm³/mol. The van der Waals surface area contributed by atoms with Crippen molar-refractivity contribution in [1.82, 2.24) is 15.5 Å². The van der Waals surface area contributed by atoms with E-state index in [1.165, 1.54) is 34.7 Å². The number of hydrogen-bond acceptors (Lipinski definition) is 7. The van der Waals surface area contributed by atoms with Gasteiger partial charge in [0.2, 0.25) is 0 Å². The third-order valence-electron chi connectivity index (χ3n) is 7.13. The molecule has 1 aliphatic heterocycles. The van der Waals surface area contributed by atoms with Crippen molar-refractivity contribution in [1.29, 1.82) is 0 Å². The molecule has 3 aromatic rings. The maximum atomic E-state index is 14.9. The van der Waals surface area contributed by atoms with Crippen LogP contribution in [0.5, 0.6) is 0 Å². The predicted octanol–water partition coefficient (Wildman–Crippen LogP) is 6.06. The summed E-state index contributed by atoms with van der Waals surface area (Å²) in [6.07, 6.45) is 3.85. The zero-order valence-electron chi connectivity index (χ0n) is 21.0. The van der Waals surface area contributed by atoms with Gasteiger partial charge < -0.3 is 10.1 Å². The lowest BCUT2D eigenvalue weighted by molar-refractivity contribution is 0.152. The standard InChI is InChI=1S/C27H27F2N4O3PS2/c1-14-6-7-30-21(10-14)24-22(15-2-4-16(28)5-3-15)20(13-31-27(35)36-8-9-38-39-37)18-11-17(29)12-19-23(18)25(24)32-33-26(19)34/h2-7,11-12,14,20,22,24H,8-10,13,37H2,1H3,(H,31,35)(H,33,34)/t14?,20?,22-,24+/m0/s1. The second-order valence-electron chi connectivity index (χ2n) is 9.60. The van der Waals surface area contributed by atoms with Crippen molar-refractivity contribution in [2.45, 2.75) is 31.1 Å². The van der Waals surface area contributed by atoms with Crippen LogP contribution in [0.2, 0.25) is 0 Å². The molecule has 5 rings (SSSR count). The van der Waals surface area contributed by atoms with E-state index in [-0.39, 0.29) is 36.2 Å². The second kappa shape index (κ2) is 12.2. The van der Waals surface area contributed by atoms with E-state index in [9.17, 15) is 18.4 Å². The molecule has 0 saturated heterocycles. The lowest BCUT2D eigenvalue weighted by atomic mass is 9.64. The summed E-state index contributed by atoms with van der Waals surface area (Å²) in [5, 5.41) is 10.6. The van der Waals surface area contributed by atoms with Crippen LogP contribution in [0.25, 0.3) is 10.8 Å². The van der Waals surface area contributed by atoms with Crippen LogP contribution in [0.15, 0.2) is 58.5 Å². The summed E-state index contributed by atoms with van der Waals surface area (Å²) in [6, 6.07) is 8.78. The lowest BCUT2D eigenvalue weighted by Crippen LogP contribution is -2.38. The van der Waals surface area contributed by atoms with Crippen LogP contribution in [0.3, 0.4) is 0 Å². The highest BCUT2D eigenvalue weighted by Crippen LogP contribution is 2.52. The molecule has 0 radical (unpaired) electrons. The number of carbonyl (C=O) groups excluding carboxylic acids is 1. The molecule has 1 amide bonds. The molecule has 0 bridgehead atoms. The Morgan fingerprint density at radius 3 is 2.77 bits per heavy atom. The molecule has 2 N–H and O–H groups in total. The van der Waals surface area contributed by atoms with E-state index in [2.05, 4.69) is 30.9 Å². The number of nitrogens with one attached hydrogen (secondary N) is 2. The van der Waals surface area contributed by atoms with Crippen molar-refractivity contribution in [3.8, 4) is 0 Å². The van der Waals surface area contributed by atoms with Gasteiger partial charge in [-0.15, -0.1) is 0 Å². The highest BCUT2D eigenvalue weighted by molar-refractivity contribution is 8.94. The zero-order valence-corrected chi connectivity index (χ0v) is 23.8. The number of allylic oxidation sites excluding steroid dienone is 1. The number of aromatic nitrogens is 2. The Kier molecular flexibility index (Phi) is 8.69. The monoisotopic (exact) mass is 588 g/mol. The number of ether oxygens (including phenoxy) is 1. The minimum atomic E-state index is -0.590. The number of alkyl carbamates (subject to hydrolysis) is 1. The Balaban J connectivity index is 1.65. The number of halogens is 2. The molecule has 2 aromatic carbocycles. The number of H-pyrrole nitrogens is 1. The number of amides is 1. The minimum Gasteiger partial charge on any atom is -0.449 e. The average Bonchev–Trinajstić information content (AvgIpc) is 2.92. The van der Waals surface area contributed by atoms with Crippen molar-refractivity contribution in [2.24, 2.45) is 10.9 Å². The molecule has 1 aromatic heterocycles. The van der Waals surface area contributed by atoms with E-state index in [0.29, 0.717) is 28.8 Å². The maximum Gasteiger partial charge on any atom is 0.407 e. The van der Waals surface area contributed by atoms with Gasteiger partial charge in [0.15, 0.2) is 0 Å². The summed E-state index contributed by atoms with van der Waals surface area (Å²) >= 11 is 0. The largest absolute Gasteiger partial charge is 0.449 e. The SMILES string of the molecule is CC1C=CN=C([C@H]2c3n[nH]c(=O)c4cc(F)cc(c34)C(CNC(=O)OCCSSP)[C@@H]2c2ccc(F)cc2)C1. The van der Waals surface area contributed by atoms with Crippen LogP contribution >= 0.6 is 29.6 Å². The molecule has 204 valence electrons. The number of nitrogens with zero attached hydrogens (tertiary/aromatic N) is 2. The fourth-order valence-corrected chi connectivity index (χ4v) is 7.16. The fourth-order valence-electron chi connectivity index (χ4n) is 5.55. The van der Waals surface area contributed by atoms with E-state index < -0.39 is 29.3 Å². The first-order chi connectivity index (χ1) is 18.9. The molecule has 0 spiro atoms. The molecule has 0 saturated carbocycles. The quantitative estimate of drug-likeness (QED) is 0.189. The first-order valence-electron chi connectivity index (χ1n) is 12.5. The number of hydrogen-bond donors (Lipinski definition) is 2.